The molecule has 5 N–H and O–H groups in total. The summed E-state index contributed by atoms with van der Waals surface area (Å²) in [5, 5.41) is 29.1. The SMILES string of the molecule is CCCC(=O)OCN(C(=O)[C@@H](NC(=O)[C@H]1CCCCN1C)[C@@H](C)CC)[C@H](C[C@@H](OC(C)=O)c1nc(C(=O)N[C@@H](Cc2ccc(O)cc2)C[C@H](C)C(=O)NNC(=O)OCCSSc2ncccc2[N+](=O)[O-])cs1)C(C)C. The van der Waals surface area contributed by atoms with Gasteiger partial charge in [-0.15, -0.1) is 11.3 Å². The van der Waals surface area contributed by atoms with Gasteiger partial charge in [0.15, 0.2) is 17.9 Å². The molecule has 4 rings (SSSR count). The fourth-order valence-electron chi connectivity index (χ4n) is 8.20. The van der Waals surface area contributed by atoms with Crippen molar-refractivity contribution in [2.75, 3.05) is 32.7 Å². The Morgan fingerprint density at radius 3 is 2.39 bits per heavy atom. The van der Waals surface area contributed by atoms with Gasteiger partial charge in [0.2, 0.25) is 17.7 Å². The van der Waals surface area contributed by atoms with Crippen LogP contribution in [-0.4, -0.2) is 128 Å². The summed E-state index contributed by atoms with van der Waals surface area (Å²) in [6.45, 7) is 12.5. The highest BCUT2D eigenvalue weighted by atomic mass is 33.1. The first-order valence-corrected chi connectivity index (χ1v) is 28.2. The standard InChI is InChI=1S/C50H71N9O13S3/c1-9-14-42(62)71-29-58(49(66)43(31(5)10-2)54-46(65)38-15-11-12-22-57(38)8)40(30(3)4)27-41(72-33(7)60)48-53-37(28-73-48)45(64)52-35(26-34-17-19-36(61)20-18-34)25-32(6)44(63)55-56-50(67)70-23-24-74-75-47-39(59(68)69)16-13-21-51-47/h13,16-21,28,30-32,35,38,40-41,43,61H,9-12,14-15,22-27,29H2,1-8H3,(H,52,64)(H,54,65)(H,55,63)(H,56,67)/t31-,32-,35+,38+,40+,41+,43-/m0/s1. The third-order valence-electron chi connectivity index (χ3n) is 12.5. The fourth-order valence-corrected chi connectivity index (χ4v) is 10.9. The van der Waals surface area contributed by atoms with Gasteiger partial charge in [0, 0.05) is 61.2 Å². The van der Waals surface area contributed by atoms with Crippen molar-refractivity contribution in [2.24, 2.45) is 17.8 Å². The molecule has 0 bridgehead atoms. The first-order chi connectivity index (χ1) is 35.7. The van der Waals surface area contributed by atoms with Gasteiger partial charge in [-0.1, -0.05) is 77.3 Å². The van der Waals surface area contributed by atoms with Crippen LogP contribution in [0.3, 0.4) is 0 Å². The summed E-state index contributed by atoms with van der Waals surface area (Å²) in [4.78, 5) is 117. The highest BCUT2D eigenvalue weighted by Crippen LogP contribution is 2.35. The zero-order valence-electron chi connectivity index (χ0n) is 43.7. The van der Waals surface area contributed by atoms with Gasteiger partial charge < -0.3 is 34.9 Å². The number of carbonyl (C=O) groups is 7. The number of piperidine rings is 1. The summed E-state index contributed by atoms with van der Waals surface area (Å²) < 4.78 is 16.7. The number of hydrogen-bond donors (Lipinski definition) is 5. The molecular formula is C50H71N9O13S3. The Kier molecular flexibility index (Phi) is 25.5. The minimum absolute atomic E-state index is 0.0100. The van der Waals surface area contributed by atoms with Gasteiger partial charge in [0.1, 0.15) is 29.1 Å². The van der Waals surface area contributed by atoms with Crippen molar-refractivity contribution in [3.8, 4) is 5.75 Å². The number of thiazole rings is 1. The lowest BCUT2D eigenvalue weighted by Crippen LogP contribution is -2.59. The number of carbonyl (C=O) groups excluding carboxylic acids is 7. The summed E-state index contributed by atoms with van der Waals surface area (Å²) in [6, 6.07) is 6.33. The molecule has 3 aromatic rings. The number of esters is 2. The van der Waals surface area contributed by atoms with E-state index in [0.29, 0.717) is 19.3 Å². The topological polar surface area (TPSA) is 291 Å². The van der Waals surface area contributed by atoms with Crippen molar-refractivity contribution in [1.29, 1.82) is 0 Å². The number of nitrogens with one attached hydrogen (secondary N) is 4. The lowest BCUT2D eigenvalue weighted by atomic mass is 9.92. The third-order valence-corrected chi connectivity index (χ3v) is 15.7. The van der Waals surface area contributed by atoms with Gasteiger partial charge in [-0.25, -0.2) is 20.2 Å². The van der Waals surface area contributed by atoms with Gasteiger partial charge in [-0.3, -0.25) is 49.2 Å². The van der Waals surface area contributed by atoms with Crippen LogP contribution in [0.4, 0.5) is 10.5 Å². The monoisotopic (exact) mass is 1100 g/mol. The van der Waals surface area contributed by atoms with Crippen LogP contribution in [0.15, 0.2) is 53.0 Å². The minimum Gasteiger partial charge on any atom is -0.508 e. The Morgan fingerprint density at radius 2 is 1.73 bits per heavy atom. The summed E-state index contributed by atoms with van der Waals surface area (Å²) in [5.74, 6) is -4.18. The summed E-state index contributed by atoms with van der Waals surface area (Å²) in [6.07, 6.45) is 3.41. The number of nitro groups is 1. The molecule has 1 fully saturated rings. The Hall–Kier alpha value is -6.05. The fraction of sp³-hybridized carbons (Fsp3) is 0.580. The second-order valence-electron chi connectivity index (χ2n) is 18.7. The molecule has 0 aliphatic carbocycles. The first-order valence-electron chi connectivity index (χ1n) is 25.0. The zero-order valence-corrected chi connectivity index (χ0v) is 46.2. The Labute approximate surface area is 449 Å². The van der Waals surface area contributed by atoms with Crippen molar-refractivity contribution in [2.45, 2.75) is 142 Å². The number of phenols is 1. The average Bonchev–Trinajstić information content (AvgIpc) is 3.88. The molecule has 1 saturated heterocycles. The largest absolute Gasteiger partial charge is 0.508 e. The predicted molar refractivity (Wildman–Crippen MR) is 283 cm³/mol. The van der Waals surface area contributed by atoms with E-state index in [1.165, 1.54) is 58.5 Å². The molecule has 0 spiro atoms. The van der Waals surface area contributed by atoms with Gasteiger partial charge in [-0.05, 0) is 92.1 Å². The number of phenolic OH excluding ortho intramolecular Hbond substituents is 1. The number of ether oxygens (including phenoxy) is 3. The number of nitrogens with zero attached hydrogens (tertiary/aromatic N) is 5. The molecule has 22 nitrogen and oxygen atoms in total. The molecule has 0 radical (unpaired) electrons. The third kappa shape index (κ3) is 19.9. The second kappa shape index (κ2) is 31.1. The molecule has 2 aromatic heterocycles. The molecule has 75 heavy (non-hydrogen) atoms. The molecule has 1 aliphatic rings. The van der Waals surface area contributed by atoms with E-state index in [1.807, 2.05) is 46.6 Å². The first kappa shape index (κ1) is 61.5. The lowest BCUT2D eigenvalue weighted by molar-refractivity contribution is -0.388. The molecule has 0 unspecified atom stereocenters. The van der Waals surface area contributed by atoms with Gasteiger partial charge in [-0.2, -0.15) is 0 Å². The van der Waals surface area contributed by atoms with Gasteiger partial charge in [0.25, 0.3) is 5.91 Å². The van der Waals surface area contributed by atoms with Crippen LogP contribution in [0.5, 0.6) is 5.75 Å². The zero-order chi connectivity index (χ0) is 55.2. The van der Waals surface area contributed by atoms with Crippen LogP contribution in [-0.2, 0) is 44.6 Å². The van der Waals surface area contributed by atoms with Crippen molar-refractivity contribution in [1.82, 2.24) is 41.3 Å². The van der Waals surface area contributed by atoms with Crippen LogP contribution < -0.4 is 21.5 Å². The maximum absolute atomic E-state index is 14.9. The number of pyridine rings is 1. The molecule has 412 valence electrons. The van der Waals surface area contributed by atoms with E-state index in [1.54, 1.807) is 19.1 Å². The van der Waals surface area contributed by atoms with E-state index in [2.05, 4.69) is 31.5 Å². The maximum Gasteiger partial charge on any atom is 0.426 e. The van der Waals surface area contributed by atoms with Crippen LogP contribution >= 0.6 is 32.9 Å². The van der Waals surface area contributed by atoms with Crippen LogP contribution in [0.2, 0.25) is 0 Å². The smallest absolute Gasteiger partial charge is 0.426 e. The highest BCUT2D eigenvalue weighted by molar-refractivity contribution is 8.76. The Bertz CT molecular complexity index is 2400. The number of benzene rings is 1. The van der Waals surface area contributed by atoms with Crippen molar-refractivity contribution >= 4 is 80.3 Å². The number of hydrazine groups is 1. The minimum atomic E-state index is -1.07. The van der Waals surface area contributed by atoms with Crippen molar-refractivity contribution in [3.05, 3.63) is 74.4 Å². The molecule has 0 saturated carbocycles. The molecule has 3 heterocycles. The van der Waals surface area contributed by atoms with Gasteiger partial charge >= 0.3 is 23.7 Å². The number of rotatable bonds is 28. The molecule has 1 aliphatic heterocycles. The second-order valence-corrected chi connectivity index (χ2v) is 22.0. The number of hydrogen-bond acceptors (Lipinski definition) is 19. The number of amides is 5. The van der Waals surface area contributed by atoms with E-state index < -0.39 is 83.6 Å². The van der Waals surface area contributed by atoms with Crippen LogP contribution in [0.1, 0.15) is 127 Å². The van der Waals surface area contributed by atoms with Crippen LogP contribution in [0.25, 0.3) is 0 Å². The molecule has 7 atom stereocenters. The number of aromatic hydroxyl groups is 1. The quantitative estimate of drug-likeness (QED) is 0.00941. The highest BCUT2D eigenvalue weighted by Gasteiger charge is 2.39. The van der Waals surface area contributed by atoms with Crippen LogP contribution in [0, 0.1) is 27.9 Å². The van der Waals surface area contributed by atoms with Crippen molar-refractivity contribution < 1.29 is 57.8 Å². The average molecular weight is 1100 g/mol. The van der Waals surface area contributed by atoms with E-state index in [0.717, 1.165) is 47.1 Å². The molecule has 5 amide bonds. The molecule has 25 heteroatoms. The summed E-state index contributed by atoms with van der Waals surface area (Å²) in [7, 11) is 4.14. The summed E-state index contributed by atoms with van der Waals surface area (Å²) >= 11 is 1.06. The summed E-state index contributed by atoms with van der Waals surface area (Å²) in [5.41, 5.74) is 5.09. The Morgan fingerprint density at radius 1 is 1.00 bits per heavy atom. The Balaban J connectivity index is 1.49. The van der Waals surface area contributed by atoms with E-state index in [-0.39, 0.29) is 83.0 Å². The molecular weight excluding hydrogens is 1030 g/mol. The van der Waals surface area contributed by atoms with Crippen molar-refractivity contribution in [3.63, 3.8) is 0 Å². The van der Waals surface area contributed by atoms with Gasteiger partial charge in [0.05, 0.1) is 11.0 Å². The molecule has 1 aromatic carbocycles. The number of likely N-dealkylation sites (N-methyl/N-ethyl adjacent to an activating group) is 1. The van der Waals surface area contributed by atoms with E-state index in [4.69, 9.17) is 14.2 Å². The van der Waals surface area contributed by atoms with E-state index >= 15 is 0 Å². The van der Waals surface area contributed by atoms with E-state index in [9.17, 15) is 48.8 Å². The normalized spacial score (nSPS) is 16.0. The predicted octanol–water partition coefficient (Wildman–Crippen LogP) is 6.88. The maximum atomic E-state index is 14.9. The lowest BCUT2D eigenvalue weighted by Gasteiger charge is -2.39. The number of aromatic nitrogens is 2. The number of likely N-dealkylation sites (tertiary alicyclic amines) is 1.